The maximum absolute atomic E-state index is 12.5. The second-order valence-corrected chi connectivity index (χ2v) is 5.43. The van der Waals surface area contributed by atoms with E-state index in [1.807, 2.05) is 17.9 Å². The van der Waals surface area contributed by atoms with Crippen LogP contribution < -0.4 is 0 Å². The fourth-order valence-electron chi connectivity index (χ4n) is 2.60. The molecule has 0 radical (unpaired) electrons. The first-order valence-electron chi connectivity index (χ1n) is 7.36. The Hall–Kier alpha value is -2.28. The molecule has 0 spiro atoms. The van der Waals surface area contributed by atoms with Gasteiger partial charge < -0.3 is 9.42 Å². The summed E-state index contributed by atoms with van der Waals surface area (Å²) in [5.74, 6) is 1.33. The SMILES string of the molecule is Cc1nc(CN2CCN(C(=O)c3cccnc3C)CC2)no1. The van der Waals surface area contributed by atoms with E-state index in [1.165, 1.54) is 0 Å². The molecule has 1 amide bonds. The maximum Gasteiger partial charge on any atom is 0.255 e. The van der Waals surface area contributed by atoms with Crippen molar-refractivity contribution in [3.8, 4) is 0 Å². The topological polar surface area (TPSA) is 75.4 Å². The first kappa shape index (κ1) is 14.6. The van der Waals surface area contributed by atoms with E-state index in [-0.39, 0.29) is 5.91 Å². The number of hydrogen-bond acceptors (Lipinski definition) is 6. The highest BCUT2D eigenvalue weighted by Crippen LogP contribution is 2.12. The summed E-state index contributed by atoms with van der Waals surface area (Å²) in [7, 11) is 0. The highest BCUT2D eigenvalue weighted by Gasteiger charge is 2.24. The molecule has 2 aromatic rings. The number of carbonyl (C=O) groups is 1. The molecule has 1 aliphatic heterocycles. The van der Waals surface area contributed by atoms with Crippen LogP contribution in [-0.4, -0.2) is 57.0 Å². The summed E-state index contributed by atoms with van der Waals surface area (Å²) in [6.07, 6.45) is 1.71. The number of aromatic nitrogens is 3. The highest BCUT2D eigenvalue weighted by atomic mass is 16.5. The van der Waals surface area contributed by atoms with Crippen molar-refractivity contribution in [2.75, 3.05) is 26.2 Å². The molecule has 1 aliphatic rings. The standard InChI is InChI=1S/C15H19N5O2/c1-11-13(4-3-5-16-11)15(21)20-8-6-19(7-9-20)10-14-17-12(2)22-18-14/h3-5H,6-10H2,1-2H3. The van der Waals surface area contributed by atoms with Gasteiger partial charge in [0.25, 0.3) is 5.91 Å². The molecule has 0 unspecified atom stereocenters. The van der Waals surface area contributed by atoms with Crippen molar-refractivity contribution in [2.45, 2.75) is 20.4 Å². The molecule has 22 heavy (non-hydrogen) atoms. The van der Waals surface area contributed by atoms with Crippen LogP contribution in [0.1, 0.15) is 27.8 Å². The predicted molar refractivity (Wildman–Crippen MR) is 79.2 cm³/mol. The molecular weight excluding hydrogens is 282 g/mol. The van der Waals surface area contributed by atoms with Gasteiger partial charge in [-0.1, -0.05) is 5.16 Å². The van der Waals surface area contributed by atoms with Gasteiger partial charge in [0.05, 0.1) is 12.1 Å². The molecule has 2 aromatic heterocycles. The monoisotopic (exact) mass is 301 g/mol. The van der Waals surface area contributed by atoms with Crippen LogP contribution in [0.2, 0.25) is 0 Å². The number of pyridine rings is 1. The van der Waals surface area contributed by atoms with Gasteiger partial charge in [0.1, 0.15) is 0 Å². The van der Waals surface area contributed by atoms with Gasteiger partial charge >= 0.3 is 0 Å². The first-order valence-corrected chi connectivity index (χ1v) is 7.36. The van der Waals surface area contributed by atoms with E-state index < -0.39 is 0 Å². The Balaban J connectivity index is 1.57. The van der Waals surface area contributed by atoms with Gasteiger partial charge in [-0.2, -0.15) is 4.98 Å². The van der Waals surface area contributed by atoms with Crippen LogP contribution in [0.5, 0.6) is 0 Å². The minimum Gasteiger partial charge on any atom is -0.340 e. The van der Waals surface area contributed by atoms with Crippen molar-refractivity contribution in [3.63, 3.8) is 0 Å². The first-order chi connectivity index (χ1) is 10.6. The Morgan fingerprint density at radius 1 is 1.27 bits per heavy atom. The molecule has 7 heteroatoms. The van der Waals surface area contributed by atoms with Crippen molar-refractivity contribution < 1.29 is 9.32 Å². The van der Waals surface area contributed by atoms with Crippen molar-refractivity contribution in [3.05, 3.63) is 41.3 Å². The minimum absolute atomic E-state index is 0.0562. The zero-order valence-corrected chi connectivity index (χ0v) is 12.8. The second-order valence-electron chi connectivity index (χ2n) is 5.43. The van der Waals surface area contributed by atoms with Crippen LogP contribution >= 0.6 is 0 Å². The summed E-state index contributed by atoms with van der Waals surface area (Å²) in [6.45, 7) is 7.31. The largest absolute Gasteiger partial charge is 0.340 e. The summed E-state index contributed by atoms with van der Waals surface area (Å²) < 4.78 is 4.98. The van der Waals surface area contributed by atoms with Crippen LogP contribution in [0.4, 0.5) is 0 Å². The lowest BCUT2D eigenvalue weighted by molar-refractivity contribution is 0.0623. The molecule has 1 fully saturated rings. The Bertz CT molecular complexity index is 661. The molecule has 7 nitrogen and oxygen atoms in total. The Morgan fingerprint density at radius 3 is 2.68 bits per heavy atom. The predicted octanol–water partition coefficient (Wildman–Crippen LogP) is 1.04. The molecular formula is C15H19N5O2. The van der Waals surface area contributed by atoms with E-state index in [9.17, 15) is 4.79 Å². The average molecular weight is 301 g/mol. The number of hydrogen-bond donors (Lipinski definition) is 0. The molecule has 0 aliphatic carbocycles. The summed E-state index contributed by atoms with van der Waals surface area (Å²) in [6, 6.07) is 3.63. The summed E-state index contributed by atoms with van der Waals surface area (Å²) in [5.41, 5.74) is 1.46. The third-order valence-corrected chi connectivity index (χ3v) is 3.83. The van der Waals surface area contributed by atoms with Gasteiger partial charge in [0.2, 0.25) is 5.89 Å². The van der Waals surface area contributed by atoms with Gasteiger partial charge in [-0.05, 0) is 19.1 Å². The molecule has 3 rings (SSSR count). The van der Waals surface area contributed by atoms with E-state index in [4.69, 9.17) is 4.52 Å². The van der Waals surface area contributed by atoms with Gasteiger partial charge in [0, 0.05) is 45.0 Å². The maximum atomic E-state index is 12.5. The van der Waals surface area contributed by atoms with Crippen molar-refractivity contribution >= 4 is 5.91 Å². The van der Waals surface area contributed by atoms with E-state index in [0.717, 1.165) is 18.8 Å². The van der Waals surface area contributed by atoms with Crippen LogP contribution in [0.15, 0.2) is 22.9 Å². The van der Waals surface area contributed by atoms with Gasteiger partial charge in [-0.25, -0.2) is 0 Å². The smallest absolute Gasteiger partial charge is 0.255 e. The van der Waals surface area contributed by atoms with Crippen LogP contribution in [0.25, 0.3) is 0 Å². The van der Waals surface area contributed by atoms with Gasteiger partial charge in [0.15, 0.2) is 5.82 Å². The van der Waals surface area contributed by atoms with E-state index in [0.29, 0.717) is 36.9 Å². The summed E-state index contributed by atoms with van der Waals surface area (Å²) in [4.78, 5) is 25.0. The number of carbonyl (C=O) groups excluding carboxylic acids is 1. The third-order valence-electron chi connectivity index (χ3n) is 3.83. The fourth-order valence-corrected chi connectivity index (χ4v) is 2.60. The van der Waals surface area contributed by atoms with Crippen molar-refractivity contribution in [2.24, 2.45) is 0 Å². The van der Waals surface area contributed by atoms with Crippen LogP contribution in [0, 0.1) is 13.8 Å². The number of amides is 1. The second kappa shape index (κ2) is 6.23. The average Bonchev–Trinajstić information content (AvgIpc) is 2.93. The van der Waals surface area contributed by atoms with Gasteiger partial charge in [-0.3, -0.25) is 14.7 Å². The summed E-state index contributed by atoms with van der Waals surface area (Å²) >= 11 is 0. The Labute approximate surface area is 128 Å². The van der Waals surface area contributed by atoms with Crippen LogP contribution in [0.3, 0.4) is 0 Å². The lowest BCUT2D eigenvalue weighted by Crippen LogP contribution is -2.48. The highest BCUT2D eigenvalue weighted by molar-refractivity contribution is 5.95. The normalized spacial score (nSPS) is 16.0. The lowest BCUT2D eigenvalue weighted by atomic mass is 10.1. The van der Waals surface area contributed by atoms with Crippen molar-refractivity contribution in [1.82, 2.24) is 24.9 Å². The number of aryl methyl sites for hydroxylation is 2. The third kappa shape index (κ3) is 3.14. The number of rotatable bonds is 3. The van der Waals surface area contributed by atoms with Crippen molar-refractivity contribution in [1.29, 1.82) is 0 Å². The van der Waals surface area contributed by atoms with E-state index >= 15 is 0 Å². The van der Waals surface area contributed by atoms with Gasteiger partial charge in [-0.15, -0.1) is 0 Å². The molecule has 0 bridgehead atoms. The quantitative estimate of drug-likeness (QED) is 0.843. The molecule has 0 N–H and O–H groups in total. The number of piperazine rings is 1. The molecule has 1 saturated heterocycles. The van der Waals surface area contributed by atoms with E-state index in [1.54, 1.807) is 19.2 Å². The summed E-state index contributed by atoms with van der Waals surface area (Å²) in [5, 5.41) is 3.91. The Morgan fingerprint density at radius 2 is 2.05 bits per heavy atom. The minimum atomic E-state index is 0.0562. The molecule has 0 aromatic carbocycles. The lowest BCUT2D eigenvalue weighted by Gasteiger charge is -2.34. The Kier molecular flexibility index (Phi) is 4.15. The van der Waals surface area contributed by atoms with Crippen LogP contribution in [-0.2, 0) is 6.54 Å². The molecule has 0 atom stereocenters. The molecule has 3 heterocycles. The zero-order chi connectivity index (χ0) is 15.5. The number of nitrogens with zero attached hydrogens (tertiary/aromatic N) is 5. The molecule has 116 valence electrons. The zero-order valence-electron chi connectivity index (χ0n) is 12.8. The molecule has 0 saturated carbocycles. The fraction of sp³-hybridized carbons (Fsp3) is 0.467. The van der Waals surface area contributed by atoms with E-state index in [2.05, 4.69) is 20.0 Å².